The van der Waals surface area contributed by atoms with Crippen molar-refractivity contribution in [3.05, 3.63) is 58.5 Å². The fraction of sp³-hybridized carbons (Fsp3) is 0.143. The number of Topliss-reactive ketones (excluding diaryl/α,β-unsaturated/α-hetero) is 1. The SMILES string of the molecule is Cn1ncc2c(=O)n(CC(=O)c3cccc(F)c3)cnc21. The molecule has 0 unspecified atom stereocenters. The molecular formula is C14H11FN4O2. The van der Waals surface area contributed by atoms with Gasteiger partial charge in [-0.1, -0.05) is 12.1 Å². The van der Waals surface area contributed by atoms with Gasteiger partial charge in [0.05, 0.1) is 12.7 Å². The van der Waals surface area contributed by atoms with Crippen LogP contribution in [0.3, 0.4) is 0 Å². The Labute approximate surface area is 118 Å². The predicted octanol–water partition coefficient (Wildman–Crippen LogP) is 1.15. The Balaban J connectivity index is 1.97. The van der Waals surface area contributed by atoms with Crippen LogP contribution >= 0.6 is 0 Å². The van der Waals surface area contributed by atoms with Crippen molar-refractivity contribution < 1.29 is 9.18 Å². The molecule has 1 aromatic carbocycles. The maximum Gasteiger partial charge on any atom is 0.264 e. The largest absolute Gasteiger partial charge is 0.292 e. The molecule has 2 heterocycles. The minimum Gasteiger partial charge on any atom is -0.292 e. The molecule has 0 aliphatic heterocycles. The summed E-state index contributed by atoms with van der Waals surface area (Å²) in [5.41, 5.74) is 0.320. The number of rotatable bonds is 3. The van der Waals surface area contributed by atoms with Gasteiger partial charge in [-0.25, -0.2) is 9.37 Å². The second-order valence-corrected chi connectivity index (χ2v) is 4.62. The highest BCUT2D eigenvalue weighted by Crippen LogP contribution is 2.07. The molecule has 0 aliphatic rings. The highest BCUT2D eigenvalue weighted by Gasteiger charge is 2.12. The fourth-order valence-corrected chi connectivity index (χ4v) is 2.09. The van der Waals surface area contributed by atoms with Crippen molar-refractivity contribution >= 4 is 16.8 Å². The summed E-state index contributed by atoms with van der Waals surface area (Å²) < 4.78 is 15.8. The molecule has 3 aromatic rings. The number of carbonyl (C=O) groups is 1. The Hall–Kier alpha value is -2.83. The molecule has 3 rings (SSSR count). The number of nitrogens with zero attached hydrogens (tertiary/aromatic N) is 4. The lowest BCUT2D eigenvalue weighted by atomic mass is 10.1. The average molecular weight is 286 g/mol. The van der Waals surface area contributed by atoms with Crippen molar-refractivity contribution in [3.63, 3.8) is 0 Å². The molecule has 0 bridgehead atoms. The molecule has 6 nitrogen and oxygen atoms in total. The number of benzene rings is 1. The zero-order valence-corrected chi connectivity index (χ0v) is 11.2. The van der Waals surface area contributed by atoms with Gasteiger partial charge in [-0.15, -0.1) is 0 Å². The number of fused-ring (bicyclic) bond motifs is 1. The molecule has 106 valence electrons. The van der Waals surface area contributed by atoms with Gasteiger partial charge in [0, 0.05) is 12.6 Å². The van der Waals surface area contributed by atoms with E-state index >= 15 is 0 Å². The molecule has 0 amide bonds. The van der Waals surface area contributed by atoms with E-state index in [1.54, 1.807) is 7.05 Å². The monoisotopic (exact) mass is 286 g/mol. The molecule has 0 radical (unpaired) electrons. The second-order valence-electron chi connectivity index (χ2n) is 4.62. The number of hydrogen-bond donors (Lipinski definition) is 0. The van der Waals surface area contributed by atoms with Crippen LogP contribution in [0.1, 0.15) is 10.4 Å². The van der Waals surface area contributed by atoms with Crippen molar-refractivity contribution in [2.75, 3.05) is 0 Å². The van der Waals surface area contributed by atoms with E-state index in [2.05, 4.69) is 10.1 Å². The molecule has 0 spiro atoms. The van der Waals surface area contributed by atoms with Crippen molar-refractivity contribution in [2.24, 2.45) is 7.05 Å². The molecule has 0 fully saturated rings. The van der Waals surface area contributed by atoms with Gasteiger partial charge in [-0.2, -0.15) is 5.10 Å². The number of hydrogen-bond acceptors (Lipinski definition) is 4. The number of aromatic nitrogens is 4. The third kappa shape index (κ3) is 2.33. The number of aryl methyl sites for hydroxylation is 1. The van der Waals surface area contributed by atoms with Crippen LogP contribution in [0.25, 0.3) is 11.0 Å². The summed E-state index contributed by atoms with van der Waals surface area (Å²) in [4.78, 5) is 28.4. The average Bonchev–Trinajstić information content (AvgIpc) is 2.84. The summed E-state index contributed by atoms with van der Waals surface area (Å²) in [6.45, 7) is -0.194. The first kappa shape index (κ1) is 13.2. The lowest BCUT2D eigenvalue weighted by Crippen LogP contribution is -2.24. The summed E-state index contributed by atoms with van der Waals surface area (Å²) in [5.74, 6) is -0.851. The van der Waals surface area contributed by atoms with Crippen LogP contribution < -0.4 is 5.56 Å². The number of carbonyl (C=O) groups excluding carboxylic acids is 1. The third-order valence-corrected chi connectivity index (χ3v) is 3.18. The van der Waals surface area contributed by atoms with Crippen LogP contribution in [0, 0.1) is 5.82 Å². The maximum atomic E-state index is 13.1. The molecule has 0 saturated heterocycles. The standard InChI is InChI=1S/C14H11FN4O2/c1-18-13-11(6-17-18)14(21)19(8-16-13)7-12(20)9-3-2-4-10(15)5-9/h2-6,8H,7H2,1H3. The van der Waals surface area contributed by atoms with E-state index in [0.29, 0.717) is 11.0 Å². The van der Waals surface area contributed by atoms with Crippen molar-refractivity contribution in [1.29, 1.82) is 0 Å². The van der Waals surface area contributed by atoms with Gasteiger partial charge in [0.1, 0.15) is 17.5 Å². The van der Waals surface area contributed by atoms with Gasteiger partial charge < -0.3 is 0 Å². The van der Waals surface area contributed by atoms with Gasteiger partial charge >= 0.3 is 0 Å². The Morgan fingerprint density at radius 2 is 2.19 bits per heavy atom. The summed E-state index contributed by atoms with van der Waals surface area (Å²) >= 11 is 0. The number of ketones is 1. The molecule has 0 N–H and O–H groups in total. The van der Waals surface area contributed by atoms with E-state index in [4.69, 9.17) is 0 Å². The van der Waals surface area contributed by atoms with E-state index in [1.165, 1.54) is 40.0 Å². The first-order chi connectivity index (χ1) is 10.1. The van der Waals surface area contributed by atoms with Crippen molar-refractivity contribution in [2.45, 2.75) is 6.54 Å². The normalized spacial score (nSPS) is 11.0. The molecule has 0 atom stereocenters. The maximum absolute atomic E-state index is 13.1. The highest BCUT2D eigenvalue weighted by molar-refractivity contribution is 5.96. The van der Waals surface area contributed by atoms with Crippen LogP contribution in [0.15, 0.2) is 41.6 Å². The molecule has 2 aromatic heterocycles. The Morgan fingerprint density at radius 1 is 1.38 bits per heavy atom. The van der Waals surface area contributed by atoms with Crippen LogP contribution in [0.2, 0.25) is 0 Å². The van der Waals surface area contributed by atoms with E-state index in [1.807, 2.05) is 0 Å². The lowest BCUT2D eigenvalue weighted by molar-refractivity contribution is 0.0970. The van der Waals surface area contributed by atoms with Crippen LogP contribution in [0.5, 0.6) is 0 Å². The molecular weight excluding hydrogens is 275 g/mol. The Morgan fingerprint density at radius 3 is 2.95 bits per heavy atom. The van der Waals surface area contributed by atoms with Crippen LogP contribution in [-0.2, 0) is 13.6 Å². The minimum atomic E-state index is -0.492. The smallest absolute Gasteiger partial charge is 0.264 e. The Kier molecular flexibility index (Phi) is 3.09. The molecule has 0 aliphatic carbocycles. The first-order valence-electron chi connectivity index (χ1n) is 6.22. The second kappa shape index (κ2) is 4.93. The van der Waals surface area contributed by atoms with Gasteiger partial charge in [0.2, 0.25) is 0 Å². The van der Waals surface area contributed by atoms with Crippen molar-refractivity contribution in [3.8, 4) is 0 Å². The zero-order chi connectivity index (χ0) is 15.0. The summed E-state index contributed by atoms with van der Waals surface area (Å²) in [6.07, 6.45) is 2.71. The third-order valence-electron chi connectivity index (χ3n) is 3.18. The van der Waals surface area contributed by atoms with E-state index in [-0.39, 0.29) is 23.5 Å². The highest BCUT2D eigenvalue weighted by atomic mass is 19.1. The zero-order valence-electron chi connectivity index (χ0n) is 11.2. The quantitative estimate of drug-likeness (QED) is 0.677. The van der Waals surface area contributed by atoms with Crippen LogP contribution in [0.4, 0.5) is 4.39 Å². The summed E-state index contributed by atoms with van der Waals surface area (Å²) in [6, 6.07) is 5.36. The van der Waals surface area contributed by atoms with Gasteiger partial charge in [0.25, 0.3) is 5.56 Å². The van der Waals surface area contributed by atoms with E-state index in [9.17, 15) is 14.0 Å². The summed E-state index contributed by atoms with van der Waals surface area (Å²) in [5, 5.41) is 4.29. The van der Waals surface area contributed by atoms with Crippen molar-refractivity contribution in [1.82, 2.24) is 19.3 Å². The summed E-state index contributed by atoms with van der Waals surface area (Å²) in [7, 11) is 1.68. The fourth-order valence-electron chi connectivity index (χ4n) is 2.09. The van der Waals surface area contributed by atoms with E-state index < -0.39 is 5.82 Å². The van der Waals surface area contributed by atoms with Crippen LogP contribution in [-0.4, -0.2) is 25.1 Å². The molecule has 21 heavy (non-hydrogen) atoms. The Bertz CT molecular complexity index is 897. The van der Waals surface area contributed by atoms with Gasteiger partial charge in [-0.05, 0) is 12.1 Å². The predicted molar refractivity (Wildman–Crippen MR) is 73.5 cm³/mol. The minimum absolute atomic E-state index is 0.194. The first-order valence-corrected chi connectivity index (χ1v) is 6.22. The molecule has 0 saturated carbocycles. The van der Waals surface area contributed by atoms with E-state index in [0.717, 1.165) is 6.07 Å². The van der Waals surface area contributed by atoms with Gasteiger partial charge in [-0.3, -0.25) is 18.8 Å². The topological polar surface area (TPSA) is 69.8 Å². The molecule has 7 heteroatoms. The lowest BCUT2D eigenvalue weighted by Gasteiger charge is -2.05. The van der Waals surface area contributed by atoms with Gasteiger partial charge in [0.15, 0.2) is 11.4 Å². The number of halogens is 1.